The van der Waals surface area contributed by atoms with Crippen molar-refractivity contribution in [1.29, 1.82) is 0 Å². The molecule has 4 nitrogen and oxygen atoms in total. The minimum atomic E-state index is -5.39. The van der Waals surface area contributed by atoms with Crippen LogP contribution in [0.4, 0.5) is 0 Å². The van der Waals surface area contributed by atoms with Crippen molar-refractivity contribution in [3.63, 3.8) is 0 Å². The van der Waals surface area contributed by atoms with Crippen molar-refractivity contribution in [3.8, 4) is 0 Å². The summed E-state index contributed by atoms with van der Waals surface area (Å²) in [7, 11) is -5.39. The van der Waals surface area contributed by atoms with Crippen LogP contribution in [-0.4, -0.2) is 51.4 Å². The van der Waals surface area contributed by atoms with Crippen LogP contribution in [0.1, 0.15) is 1.43 Å². The molecule has 0 aliphatic carbocycles. The summed E-state index contributed by atoms with van der Waals surface area (Å²) in [6, 6.07) is 0. The standard InChI is InChI=1S/K.2Na.H3O4P.H/c;;;1-5(2,3)4;/h;;;(H3,1,2,3,4);/q;2*+1;;/p-2. The number of hydrogen-bond acceptors (Lipinski definition) is 4. The first kappa shape index (κ1) is 22.6. The third-order valence-corrected chi connectivity index (χ3v) is 0. The van der Waals surface area contributed by atoms with E-state index in [2.05, 4.69) is 0 Å². The van der Waals surface area contributed by atoms with Crippen LogP contribution in [-0.2, 0) is 4.57 Å². The maximum absolute atomic E-state index is 8.55. The van der Waals surface area contributed by atoms with Crippen molar-refractivity contribution in [3.05, 3.63) is 0 Å². The van der Waals surface area contributed by atoms with Crippen molar-refractivity contribution in [1.82, 2.24) is 0 Å². The van der Waals surface area contributed by atoms with Gasteiger partial charge in [0.05, 0.1) is 0 Å². The van der Waals surface area contributed by atoms with E-state index < -0.39 is 7.82 Å². The minimum absolute atomic E-state index is 0. The molecule has 34 valence electrons. The Labute approximate surface area is 136 Å². The molecule has 0 rings (SSSR count). The van der Waals surface area contributed by atoms with Crippen LogP contribution in [0.25, 0.3) is 0 Å². The van der Waals surface area contributed by atoms with Gasteiger partial charge in [-0.1, -0.05) is 0 Å². The average Bonchev–Trinajstić information content (AvgIpc) is 0.722. The van der Waals surface area contributed by atoms with Crippen LogP contribution < -0.4 is 73.8 Å². The van der Waals surface area contributed by atoms with Gasteiger partial charge in [0.15, 0.2) is 0 Å². The molecule has 0 N–H and O–H groups in total. The Hall–Kier alpha value is 3.75. The molecule has 0 aromatic rings. The van der Waals surface area contributed by atoms with Gasteiger partial charge >= 0.3 is 112 Å². The molecular formula is H2KNa2O4P. The smallest absolute Gasteiger partial charge is 1.00 e. The Morgan fingerprint density at radius 3 is 1.12 bits per heavy atom. The fourth-order valence-electron chi connectivity index (χ4n) is 0. The number of hydrogen-bond donors (Lipinski definition) is 0. The molecule has 0 heterocycles. The summed E-state index contributed by atoms with van der Waals surface area (Å²) in [4.78, 5) is 25.6. The van der Waals surface area contributed by atoms with Crippen molar-refractivity contribution in [2.75, 3.05) is 0 Å². The average molecular weight is 182 g/mol. The van der Waals surface area contributed by atoms with E-state index >= 15 is 0 Å². The number of rotatable bonds is 0. The van der Waals surface area contributed by atoms with Gasteiger partial charge in [0, 0.05) is 0 Å². The maximum atomic E-state index is 8.55. The SMILES string of the molecule is O=P([O-])([O-])[O-].[H+].[KH].[Na+].[Na+]. The molecule has 0 bridgehead atoms. The molecule has 0 fully saturated rings. The minimum Gasteiger partial charge on any atom is 1.00 e. The van der Waals surface area contributed by atoms with Gasteiger partial charge in [-0.3, -0.25) is 0 Å². The second-order valence-corrected chi connectivity index (χ2v) is 1.34. The Kier molecular flexibility index (Phi) is 30.4. The van der Waals surface area contributed by atoms with Crippen LogP contribution in [0.15, 0.2) is 0 Å². The van der Waals surface area contributed by atoms with Gasteiger partial charge < -0.3 is 19.2 Å². The zero-order valence-electron chi connectivity index (χ0n) is 5.08. The third-order valence-electron chi connectivity index (χ3n) is 0. The topological polar surface area (TPSA) is 86.2 Å². The van der Waals surface area contributed by atoms with Crippen molar-refractivity contribution in [2.45, 2.75) is 0 Å². The number of phosphoric acid groups is 1. The van der Waals surface area contributed by atoms with Crippen LogP contribution in [0.2, 0.25) is 0 Å². The largest absolute Gasteiger partial charge is 1.00 e. The second kappa shape index (κ2) is 10.7. The third kappa shape index (κ3) is 53.1. The molecule has 0 unspecified atom stereocenters. The van der Waals surface area contributed by atoms with Crippen molar-refractivity contribution >= 4 is 59.2 Å². The van der Waals surface area contributed by atoms with E-state index in [1.54, 1.807) is 0 Å². The molecule has 8 heavy (non-hydrogen) atoms. The van der Waals surface area contributed by atoms with Crippen LogP contribution in [0, 0.1) is 0 Å². The molecule has 0 spiro atoms. The predicted octanol–water partition coefficient (Wildman–Crippen LogP) is -9.35. The van der Waals surface area contributed by atoms with Gasteiger partial charge in [-0.05, 0) is 0 Å². The first-order valence-corrected chi connectivity index (χ1v) is 2.19. The summed E-state index contributed by atoms with van der Waals surface area (Å²) in [5.74, 6) is 0. The molecule has 0 aliphatic rings. The first-order valence-electron chi connectivity index (χ1n) is 0.730. The van der Waals surface area contributed by atoms with E-state index in [0.717, 1.165) is 0 Å². The Morgan fingerprint density at radius 1 is 1.12 bits per heavy atom. The molecule has 0 amide bonds. The summed E-state index contributed by atoms with van der Waals surface area (Å²) in [6.45, 7) is 0. The first-order chi connectivity index (χ1) is 2.00. The van der Waals surface area contributed by atoms with Crippen LogP contribution in [0.3, 0.4) is 0 Å². The summed E-state index contributed by atoms with van der Waals surface area (Å²) in [5, 5.41) is 0. The Morgan fingerprint density at radius 2 is 1.12 bits per heavy atom. The molecule has 0 aromatic carbocycles. The molecule has 0 atom stereocenters. The van der Waals surface area contributed by atoms with Crippen LogP contribution in [0.5, 0.6) is 0 Å². The molecule has 0 saturated heterocycles. The van der Waals surface area contributed by atoms with Gasteiger partial charge in [0.1, 0.15) is 0 Å². The molecule has 0 aliphatic heterocycles. The monoisotopic (exact) mass is 182 g/mol. The zero-order chi connectivity index (χ0) is 4.50. The fourth-order valence-corrected chi connectivity index (χ4v) is 0. The van der Waals surface area contributed by atoms with Gasteiger partial charge in [0.2, 0.25) is 0 Å². The zero-order valence-corrected chi connectivity index (χ0v) is 8.97. The van der Waals surface area contributed by atoms with E-state index in [1.165, 1.54) is 0 Å². The van der Waals surface area contributed by atoms with Gasteiger partial charge in [0.25, 0.3) is 0 Å². The molecule has 8 heteroatoms. The van der Waals surface area contributed by atoms with Gasteiger partial charge in [-0.15, -0.1) is 0 Å². The van der Waals surface area contributed by atoms with E-state index in [0.29, 0.717) is 0 Å². The van der Waals surface area contributed by atoms with Crippen molar-refractivity contribution in [2.24, 2.45) is 0 Å². The van der Waals surface area contributed by atoms with Crippen LogP contribution >= 0.6 is 7.82 Å². The van der Waals surface area contributed by atoms with Gasteiger partial charge in [-0.25, -0.2) is 0 Å². The summed E-state index contributed by atoms with van der Waals surface area (Å²) in [6.07, 6.45) is 0. The fraction of sp³-hybridized carbons (Fsp3) is 0. The normalized spacial score (nSPS) is 7.38. The molecular weight excluding hydrogens is 180 g/mol. The summed E-state index contributed by atoms with van der Waals surface area (Å²) >= 11 is 0. The van der Waals surface area contributed by atoms with Gasteiger partial charge in [-0.2, -0.15) is 7.82 Å². The Balaban J connectivity index is -0.0000000133. The summed E-state index contributed by atoms with van der Waals surface area (Å²) < 4.78 is 8.55. The maximum Gasteiger partial charge on any atom is 1.00 e. The van der Waals surface area contributed by atoms with E-state index in [-0.39, 0.29) is 112 Å². The summed E-state index contributed by atoms with van der Waals surface area (Å²) in [5.41, 5.74) is 0. The van der Waals surface area contributed by atoms with E-state index in [9.17, 15) is 0 Å². The molecule has 0 saturated carbocycles. The Bertz CT molecular complexity index is 64.7. The quantitative estimate of drug-likeness (QED) is 0.275. The molecule has 0 radical (unpaired) electrons. The van der Waals surface area contributed by atoms with Crippen molar-refractivity contribution < 1.29 is 79.8 Å². The van der Waals surface area contributed by atoms with E-state index in [4.69, 9.17) is 19.2 Å². The van der Waals surface area contributed by atoms with E-state index in [1.807, 2.05) is 0 Å². The second-order valence-electron chi connectivity index (χ2n) is 0.447. The molecule has 0 aromatic heterocycles. The predicted molar refractivity (Wildman–Crippen MR) is 15.9 cm³/mol.